The average Bonchev–Trinajstić information content (AvgIpc) is 2.66. The second kappa shape index (κ2) is 4.03. The minimum atomic E-state index is -0.255. The summed E-state index contributed by atoms with van der Waals surface area (Å²) in [6, 6.07) is 0. The topological polar surface area (TPSA) is 63.8 Å². The summed E-state index contributed by atoms with van der Waals surface area (Å²) in [7, 11) is 0. The van der Waals surface area contributed by atoms with Crippen molar-refractivity contribution < 1.29 is 0 Å². The van der Waals surface area contributed by atoms with E-state index in [1.54, 1.807) is 0 Å². The van der Waals surface area contributed by atoms with Crippen LogP contribution < -0.4 is 11.1 Å². The lowest BCUT2D eigenvalue weighted by atomic mass is 9.97. The van der Waals surface area contributed by atoms with E-state index in [1.165, 1.54) is 18.4 Å². The normalized spacial score (nSPS) is 32.5. The molecule has 1 saturated heterocycles. The maximum atomic E-state index is 6.28. The molecular formula is C13H20N4. The van der Waals surface area contributed by atoms with E-state index in [2.05, 4.69) is 17.2 Å². The Bertz CT molecular complexity index is 421. The predicted molar refractivity (Wildman–Crippen MR) is 66.7 cm³/mol. The third-order valence-corrected chi connectivity index (χ3v) is 4.00. The Hall–Kier alpha value is -1.00. The molecule has 2 heterocycles. The lowest BCUT2D eigenvalue weighted by molar-refractivity contribution is 0.437. The van der Waals surface area contributed by atoms with Gasteiger partial charge in [-0.3, -0.25) is 0 Å². The molecule has 2 atom stereocenters. The second-order valence-corrected chi connectivity index (χ2v) is 5.56. The van der Waals surface area contributed by atoms with Crippen molar-refractivity contribution in [2.24, 2.45) is 5.73 Å². The molecule has 17 heavy (non-hydrogen) atoms. The standard InChI is InChI=1S/C13H20N4/c1-13(14)5-4-9-8-16-12(17-11(9)13)10-3-2-6-15-7-10/h8,10,15H,2-7,14H2,1H3. The lowest BCUT2D eigenvalue weighted by Crippen LogP contribution is -2.33. The van der Waals surface area contributed by atoms with Gasteiger partial charge in [0.1, 0.15) is 5.82 Å². The number of nitrogens with one attached hydrogen (secondary N) is 1. The van der Waals surface area contributed by atoms with Crippen LogP contribution in [0.5, 0.6) is 0 Å². The Morgan fingerprint density at radius 3 is 3.18 bits per heavy atom. The number of nitrogens with two attached hydrogens (primary N) is 1. The third-order valence-electron chi connectivity index (χ3n) is 4.00. The van der Waals surface area contributed by atoms with Crippen molar-refractivity contribution in [3.8, 4) is 0 Å². The number of aromatic nitrogens is 2. The molecule has 0 aromatic carbocycles. The SMILES string of the molecule is CC1(N)CCc2cnc(C3CCCNC3)nc21. The van der Waals surface area contributed by atoms with Crippen LogP contribution in [0.2, 0.25) is 0 Å². The molecule has 0 saturated carbocycles. The van der Waals surface area contributed by atoms with Gasteiger partial charge in [0.2, 0.25) is 0 Å². The van der Waals surface area contributed by atoms with Crippen molar-refractivity contribution in [2.75, 3.05) is 13.1 Å². The number of rotatable bonds is 1. The second-order valence-electron chi connectivity index (χ2n) is 5.56. The summed E-state index contributed by atoms with van der Waals surface area (Å²) < 4.78 is 0. The molecule has 1 fully saturated rings. The van der Waals surface area contributed by atoms with E-state index < -0.39 is 0 Å². The average molecular weight is 232 g/mol. The number of fused-ring (bicyclic) bond motifs is 1. The van der Waals surface area contributed by atoms with Crippen molar-refractivity contribution in [1.29, 1.82) is 0 Å². The molecular weight excluding hydrogens is 212 g/mol. The first-order valence-corrected chi connectivity index (χ1v) is 6.53. The van der Waals surface area contributed by atoms with Gasteiger partial charge in [0.05, 0.1) is 11.2 Å². The highest BCUT2D eigenvalue weighted by Crippen LogP contribution is 2.33. The number of hydrogen-bond acceptors (Lipinski definition) is 4. The van der Waals surface area contributed by atoms with Crippen LogP contribution in [-0.2, 0) is 12.0 Å². The molecule has 4 heteroatoms. The van der Waals surface area contributed by atoms with Crippen LogP contribution in [0.3, 0.4) is 0 Å². The molecule has 3 rings (SSSR count). The van der Waals surface area contributed by atoms with Gasteiger partial charge in [-0.15, -0.1) is 0 Å². The summed E-state index contributed by atoms with van der Waals surface area (Å²) in [5.74, 6) is 1.44. The van der Waals surface area contributed by atoms with Crippen LogP contribution in [-0.4, -0.2) is 23.1 Å². The molecule has 1 aromatic rings. The van der Waals surface area contributed by atoms with E-state index in [0.717, 1.165) is 37.4 Å². The lowest BCUT2D eigenvalue weighted by Gasteiger charge is -2.23. The number of aryl methyl sites for hydroxylation is 1. The van der Waals surface area contributed by atoms with Crippen molar-refractivity contribution in [2.45, 2.75) is 44.1 Å². The smallest absolute Gasteiger partial charge is 0.132 e. The van der Waals surface area contributed by atoms with Gasteiger partial charge in [-0.25, -0.2) is 9.97 Å². The van der Waals surface area contributed by atoms with Gasteiger partial charge in [-0.2, -0.15) is 0 Å². The first-order chi connectivity index (χ1) is 8.17. The molecule has 2 unspecified atom stereocenters. The Balaban J connectivity index is 1.92. The van der Waals surface area contributed by atoms with Gasteiger partial charge in [0, 0.05) is 18.7 Å². The van der Waals surface area contributed by atoms with Crippen LogP contribution >= 0.6 is 0 Å². The quantitative estimate of drug-likeness (QED) is 0.760. The maximum Gasteiger partial charge on any atom is 0.132 e. The van der Waals surface area contributed by atoms with Crippen molar-refractivity contribution in [1.82, 2.24) is 15.3 Å². The zero-order chi connectivity index (χ0) is 11.9. The summed E-state index contributed by atoms with van der Waals surface area (Å²) in [6.45, 7) is 4.20. The van der Waals surface area contributed by atoms with Crippen LogP contribution in [0, 0.1) is 0 Å². The van der Waals surface area contributed by atoms with Gasteiger partial charge in [-0.1, -0.05) is 0 Å². The summed E-state index contributed by atoms with van der Waals surface area (Å²) >= 11 is 0. The molecule has 1 aliphatic carbocycles. The largest absolute Gasteiger partial charge is 0.320 e. The third kappa shape index (κ3) is 1.96. The van der Waals surface area contributed by atoms with E-state index in [1.807, 2.05) is 6.20 Å². The highest BCUT2D eigenvalue weighted by Gasteiger charge is 2.33. The summed E-state index contributed by atoms with van der Waals surface area (Å²) in [5.41, 5.74) is 8.34. The minimum absolute atomic E-state index is 0.255. The molecule has 92 valence electrons. The zero-order valence-corrected chi connectivity index (χ0v) is 10.4. The predicted octanol–water partition coefficient (Wildman–Crippen LogP) is 1.06. The van der Waals surface area contributed by atoms with E-state index in [9.17, 15) is 0 Å². The highest BCUT2D eigenvalue weighted by atomic mass is 15.0. The van der Waals surface area contributed by atoms with Gasteiger partial charge in [-0.05, 0) is 44.7 Å². The molecule has 3 N–H and O–H groups in total. The summed E-state index contributed by atoms with van der Waals surface area (Å²) in [5, 5.41) is 3.41. The summed E-state index contributed by atoms with van der Waals surface area (Å²) in [4.78, 5) is 9.29. The van der Waals surface area contributed by atoms with Crippen molar-refractivity contribution in [3.63, 3.8) is 0 Å². The van der Waals surface area contributed by atoms with Gasteiger partial charge in [0.25, 0.3) is 0 Å². The van der Waals surface area contributed by atoms with E-state index in [0.29, 0.717) is 5.92 Å². The molecule has 1 aliphatic heterocycles. The number of nitrogens with zero attached hydrogens (tertiary/aromatic N) is 2. The molecule has 0 spiro atoms. The molecule has 0 bridgehead atoms. The van der Waals surface area contributed by atoms with E-state index >= 15 is 0 Å². The molecule has 0 amide bonds. The van der Waals surface area contributed by atoms with E-state index in [-0.39, 0.29) is 5.54 Å². The molecule has 1 aromatic heterocycles. The van der Waals surface area contributed by atoms with Crippen LogP contribution in [0.25, 0.3) is 0 Å². The molecule has 4 nitrogen and oxygen atoms in total. The molecule has 0 radical (unpaired) electrons. The van der Waals surface area contributed by atoms with Crippen molar-refractivity contribution >= 4 is 0 Å². The number of piperidine rings is 1. The Kier molecular flexibility index (Phi) is 2.64. The van der Waals surface area contributed by atoms with Gasteiger partial charge in [0.15, 0.2) is 0 Å². The van der Waals surface area contributed by atoms with Crippen LogP contribution in [0.1, 0.15) is 49.2 Å². The first-order valence-electron chi connectivity index (χ1n) is 6.53. The fourth-order valence-corrected chi connectivity index (χ4v) is 2.88. The Morgan fingerprint density at radius 2 is 2.41 bits per heavy atom. The van der Waals surface area contributed by atoms with E-state index in [4.69, 9.17) is 10.7 Å². The monoisotopic (exact) mass is 232 g/mol. The maximum absolute atomic E-state index is 6.28. The molecule has 2 aliphatic rings. The number of hydrogen-bond donors (Lipinski definition) is 2. The Morgan fingerprint density at radius 1 is 1.53 bits per heavy atom. The fourth-order valence-electron chi connectivity index (χ4n) is 2.88. The minimum Gasteiger partial charge on any atom is -0.320 e. The Labute approximate surface area is 102 Å². The van der Waals surface area contributed by atoms with Gasteiger partial charge >= 0.3 is 0 Å². The van der Waals surface area contributed by atoms with Crippen LogP contribution in [0.15, 0.2) is 6.20 Å². The zero-order valence-electron chi connectivity index (χ0n) is 10.4. The first kappa shape index (κ1) is 11.1. The highest BCUT2D eigenvalue weighted by molar-refractivity contribution is 5.31. The van der Waals surface area contributed by atoms with Gasteiger partial charge < -0.3 is 11.1 Å². The van der Waals surface area contributed by atoms with Crippen LogP contribution in [0.4, 0.5) is 0 Å². The van der Waals surface area contributed by atoms with Crippen molar-refractivity contribution in [3.05, 3.63) is 23.3 Å². The summed E-state index contributed by atoms with van der Waals surface area (Å²) in [6.07, 6.45) is 6.40. The fraction of sp³-hybridized carbons (Fsp3) is 0.692.